The highest BCUT2D eigenvalue weighted by molar-refractivity contribution is 6.31. The Hall–Kier alpha value is -1.75. The predicted octanol–water partition coefficient (Wildman–Crippen LogP) is 2.38. The standard InChI is InChI=1S/C12H15ClN4O/c1-3-17-7-9(13)6-10(17)12(18)16-8(2)11-14-4-5-15-11/h4-8H,3H2,1-2H3,(H,14,15)(H,16,18). The van der Waals surface area contributed by atoms with Gasteiger partial charge >= 0.3 is 0 Å². The van der Waals surface area contributed by atoms with Crippen LogP contribution >= 0.6 is 11.6 Å². The van der Waals surface area contributed by atoms with Gasteiger partial charge in [0, 0.05) is 25.1 Å². The summed E-state index contributed by atoms with van der Waals surface area (Å²) in [6.07, 6.45) is 5.13. The Bertz CT molecular complexity index is 532. The van der Waals surface area contributed by atoms with Crippen molar-refractivity contribution in [1.29, 1.82) is 0 Å². The number of hydrogen-bond donors (Lipinski definition) is 2. The molecule has 0 fully saturated rings. The van der Waals surface area contributed by atoms with E-state index < -0.39 is 0 Å². The molecule has 0 spiro atoms. The molecule has 5 nitrogen and oxygen atoms in total. The van der Waals surface area contributed by atoms with Crippen LogP contribution in [0.5, 0.6) is 0 Å². The summed E-state index contributed by atoms with van der Waals surface area (Å²) in [5.74, 6) is 0.566. The van der Waals surface area contributed by atoms with Crippen molar-refractivity contribution in [2.75, 3.05) is 0 Å². The number of hydrogen-bond acceptors (Lipinski definition) is 2. The zero-order valence-electron chi connectivity index (χ0n) is 10.3. The molecular formula is C12H15ClN4O. The number of nitrogens with one attached hydrogen (secondary N) is 2. The van der Waals surface area contributed by atoms with E-state index in [4.69, 9.17) is 11.6 Å². The monoisotopic (exact) mass is 266 g/mol. The lowest BCUT2D eigenvalue weighted by Gasteiger charge is -2.12. The minimum absolute atomic E-state index is 0.160. The Morgan fingerprint density at radius 2 is 2.44 bits per heavy atom. The molecule has 96 valence electrons. The van der Waals surface area contributed by atoms with E-state index in [0.29, 0.717) is 17.3 Å². The predicted molar refractivity (Wildman–Crippen MR) is 69.6 cm³/mol. The van der Waals surface area contributed by atoms with Gasteiger partial charge in [0.2, 0.25) is 0 Å². The lowest BCUT2D eigenvalue weighted by molar-refractivity contribution is 0.0929. The van der Waals surface area contributed by atoms with Gasteiger partial charge in [0.05, 0.1) is 11.1 Å². The van der Waals surface area contributed by atoms with Crippen LogP contribution in [-0.4, -0.2) is 20.4 Å². The van der Waals surface area contributed by atoms with Crippen LogP contribution < -0.4 is 5.32 Å². The molecule has 0 bridgehead atoms. The summed E-state index contributed by atoms with van der Waals surface area (Å²) in [4.78, 5) is 19.2. The van der Waals surface area contributed by atoms with E-state index in [1.165, 1.54) is 0 Å². The van der Waals surface area contributed by atoms with Crippen LogP contribution in [0.25, 0.3) is 0 Å². The topological polar surface area (TPSA) is 62.7 Å². The molecule has 2 rings (SSSR count). The van der Waals surface area contributed by atoms with Gasteiger partial charge in [-0.25, -0.2) is 4.98 Å². The van der Waals surface area contributed by atoms with Gasteiger partial charge in [0.15, 0.2) is 0 Å². The highest BCUT2D eigenvalue weighted by Crippen LogP contribution is 2.15. The highest BCUT2D eigenvalue weighted by Gasteiger charge is 2.16. The fourth-order valence-electron chi connectivity index (χ4n) is 1.78. The second kappa shape index (κ2) is 5.27. The quantitative estimate of drug-likeness (QED) is 0.892. The number of carbonyl (C=O) groups is 1. The van der Waals surface area contributed by atoms with Gasteiger partial charge in [0.25, 0.3) is 5.91 Å². The molecular weight excluding hydrogens is 252 g/mol. The Kier molecular flexibility index (Phi) is 3.72. The lowest BCUT2D eigenvalue weighted by atomic mass is 10.3. The summed E-state index contributed by atoms with van der Waals surface area (Å²) in [6.45, 7) is 4.53. The number of amides is 1. The number of halogens is 1. The van der Waals surface area contributed by atoms with Crippen LogP contribution in [0.1, 0.15) is 36.2 Å². The SMILES string of the molecule is CCn1cc(Cl)cc1C(=O)NC(C)c1ncc[nH]1. The molecule has 0 aliphatic carbocycles. The second-order valence-corrected chi connectivity index (χ2v) is 4.44. The maximum atomic E-state index is 12.1. The summed E-state index contributed by atoms with van der Waals surface area (Å²) in [7, 11) is 0. The normalized spacial score (nSPS) is 12.4. The van der Waals surface area contributed by atoms with E-state index in [1.54, 1.807) is 24.7 Å². The molecule has 1 atom stereocenters. The Morgan fingerprint density at radius 3 is 3.06 bits per heavy atom. The number of aromatic nitrogens is 3. The molecule has 0 saturated carbocycles. The van der Waals surface area contributed by atoms with Gasteiger partial charge in [-0.05, 0) is 19.9 Å². The molecule has 2 heterocycles. The molecule has 6 heteroatoms. The zero-order chi connectivity index (χ0) is 13.1. The van der Waals surface area contributed by atoms with E-state index in [-0.39, 0.29) is 11.9 Å². The van der Waals surface area contributed by atoms with Crippen molar-refractivity contribution in [3.63, 3.8) is 0 Å². The van der Waals surface area contributed by atoms with E-state index in [0.717, 1.165) is 5.82 Å². The van der Waals surface area contributed by atoms with Crippen molar-refractivity contribution in [3.05, 3.63) is 41.2 Å². The molecule has 18 heavy (non-hydrogen) atoms. The van der Waals surface area contributed by atoms with E-state index >= 15 is 0 Å². The van der Waals surface area contributed by atoms with Crippen molar-refractivity contribution in [3.8, 4) is 0 Å². The molecule has 2 aromatic rings. The fourth-order valence-corrected chi connectivity index (χ4v) is 2.00. The maximum Gasteiger partial charge on any atom is 0.268 e. The summed E-state index contributed by atoms with van der Waals surface area (Å²) in [5.41, 5.74) is 0.556. The highest BCUT2D eigenvalue weighted by atomic mass is 35.5. The number of H-pyrrole nitrogens is 1. The summed E-state index contributed by atoms with van der Waals surface area (Å²) >= 11 is 5.91. The molecule has 1 amide bonds. The third-order valence-electron chi connectivity index (χ3n) is 2.71. The van der Waals surface area contributed by atoms with Crippen LogP contribution in [0.4, 0.5) is 0 Å². The van der Waals surface area contributed by atoms with Gasteiger partial charge < -0.3 is 14.9 Å². The van der Waals surface area contributed by atoms with Gasteiger partial charge in [-0.1, -0.05) is 11.6 Å². The van der Waals surface area contributed by atoms with Crippen molar-refractivity contribution in [2.24, 2.45) is 0 Å². The number of imidazole rings is 1. The van der Waals surface area contributed by atoms with Crippen LogP contribution in [0.2, 0.25) is 5.02 Å². The number of carbonyl (C=O) groups excluding carboxylic acids is 1. The summed E-state index contributed by atoms with van der Waals surface area (Å²) in [5, 5.41) is 3.44. The molecule has 1 unspecified atom stereocenters. The Morgan fingerprint density at radius 1 is 1.67 bits per heavy atom. The number of aromatic amines is 1. The van der Waals surface area contributed by atoms with E-state index in [2.05, 4.69) is 15.3 Å². The molecule has 0 saturated heterocycles. The Labute approximate surface area is 110 Å². The van der Waals surface area contributed by atoms with Gasteiger partial charge in [-0.3, -0.25) is 4.79 Å². The molecule has 2 aromatic heterocycles. The number of aryl methyl sites for hydroxylation is 1. The molecule has 0 aliphatic rings. The van der Waals surface area contributed by atoms with E-state index in [9.17, 15) is 4.79 Å². The third-order valence-corrected chi connectivity index (χ3v) is 2.92. The van der Waals surface area contributed by atoms with Crippen molar-refractivity contribution >= 4 is 17.5 Å². The maximum absolute atomic E-state index is 12.1. The first-order chi connectivity index (χ1) is 8.61. The van der Waals surface area contributed by atoms with E-state index in [1.807, 2.05) is 18.4 Å². The summed E-state index contributed by atoms with van der Waals surface area (Å²) < 4.78 is 1.81. The molecule has 0 aliphatic heterocycles. The smallest absolute Gasteiger partial charge is 0.268 e. The largest absolute Gasteiger partial charge is 0.347 e. The second-order valence-electron chi connectivity index (χ2n) is 4.00. The van der Waals surface area contributed by atoms with Crippen LogP contribution in [0.3, 0.4) is 0 Å². The summed E-state index contributed by atoms with van der Waals surface area (Å²) in [6, 6.07) is 1.49. The lowest BCUT2D eigenvalue weighted by Crippen LogP contribution is -2.29. The first-order valence-corrected chi connectivity index (χ1v) is 6.15. The average Bonchev–Trinajstić information content (AvgIpc) is 2.96. The van der Waals surface area contributed by atoms with Crippen LogP contribution in [-0.2, 0) is 6.54 Å². The van der Waals surface area contributed by atoms with Crippen molar-refractivity contribution < 1.29 is 4.79 Å². The first kappa shape index (κ1) is 12.7. The van der Waals surface area contributed by atoms with Crippen molar-refractivity contribution in [2.45, 2.75) is 26.4 Å². The Balaban J connectivity index is 2.12. The molecule has 0 aromatic carbocycles. The number of nitrogens with zero attached hydrogens (tertiary/aromatic N) is 2. The first-order valence-electron chi connectivity index (χ1n) is 5.77. The average molecular weight is 267 g/mol. The van der Waals surface area contributed by atoms with Gasteiger partial charge in [0.1, 0.15) is 11.5 Å². The molecule has 2 N–H and O–H groups in total. The van der Waals surface area contributed by atoms with Gasteiger partial charge in [-0.2, -0.15) is 0 Å². The third kappa shape index (κ3) is 2.56. The molecule has 0 radical (unpaired) electrons. The van der Waals surface area contributed by atoms with Gasteiger partial charge in [-0.15, -0.1) is 0 Å². The zero-order valence-corrected chi connectivity index (χ0v) is 11.0. The minimum Gasteiger partial charge on any atom is -0.347 e. The van der Waals surface area contributed by atoms with Crippen LogP contribution in [0.15, 0.2) is 24.7 Å². The number of rotatable bonds is 4. The minimum atomic E-state index is -0.175. The van der Waals surface area contributed by atoms with Crippen LogP contribution in [0, 0.1) is 0 Å². The fraction of sp³-hybridized carbons (Fsp3) is 0.333. The van der Waals surface area contributed by atoms with Crippen molar-refractivity contribution in [1.82, 2.24) is 19.9 Å².